The summed E-state index contributed by atoms with van der Waals surface area (Å²) in [6, 6.07) is 18.2. The number of oxazole rings is 1. The lowest BCUT2D eigenvalue weighted by molar-refractivity contribution is -0.119. The molecule has 0 unspecified atom stereocenters. The van der Waals surface area contributed by atoms with Crippen LogP contribution < -0.4 is 10.2 Å². The molecule has 1 N–H and O–H groups in total. The third-order valence-corrected chi connectivity index (χ3v) is 5.32. The maximum Gasteiger partial charge on any atom is 0.252 e. The molecule has 1 saturated heterocycles. The fourth-order valence-corrected chi connectivity index (χ4v) is 3.57. The van der Waals surface area contributed by atoms with Gasteiger partial charge in [0.1, 0.15) is 5.52 Å². The lowest BCUT2D eigenvalue weighted by Crippen LogP contribution is -2.45. The van der Waals surface area contributed by atoms with Gasteiger partial charge in [0.2, 0.25) is 17.7 Å². The number of nitrogens with one attached hydrogen (secondary N) is 1. The van der Waals surface area contributed by atoms with E-state index in [9.17, 15) is 4.79 Å². The van der Waals surface area contributed by atoms with Gasteiger partial charge < -0.3 is 14.6 Å². The van der Waals surface area contributed by atoms with Gasteiger partial charge in [-0.25, -0.2) is 9.97 Å². The molecule has 4 aromatic rings. The van der Waals surface area contributed by atoms with Crippen molar-refractivity contribution >= 4 is 23.1 Å². The summed E-state index contributed by atoms with van der Waals surface area (Å²) in [5.41, 5.74) is 4.46. The quantitative estimate of drug-likeness (QED) is 0.553. The Bertz CT molecular complexity index is 1180. The third kappa shape index (κ3) is 3.61. The molecule has 1 aliphatic heterocycles. The van der Waals surface area contributed by atoms with E-state index in [2.05, 4.69) is 49.4 Å². The van der Waals surface area contributed by atoms with Crippen LogP contribution in [0.5, 0.6) is 0 Å². The van der Waals surface area contributed by atoms with Crippen LogP contribution in [0.2, 0.25) is 0 Å². The van der Waals surface area contributed by atoms with E-state index in [4.69, 9.17) is 4.42 Å². The van der Waals surface area contributed by atoms with Crippen molar-refractivity contribution in [3.63, 3.8) is 0 Å². The van der Waals surface area contributed by atoms with Crippen LogP contribution in [0.15, 0.2) is 65.2 Å². The molecular weight excluding hydrogens is 378 g/mol. The number of amides is 1. The predicted molar refractivity (Wildman–Crippen MR) is 114 cm³/mol. The van der Waals surface area contributed by atoms with E-state index in [1.807, 2.05) is 30.3 Å². The summed E-state index contributed by atoms with van der Waals surface area (Å²) in [5, 5.41) is 2.82. The van der Waals surface area contributed by atoms with Crippen LogP contribution in [0.3, 0.4) is 0 Å². The molecule has 5 rings (SSSR count). The highest BCUT2D eigenvalue weighted by molar-refractivity contribution is 5.73. The molecule has 1 amide bonds. The van der Waals surface area contributed by atoms with Gasteiger partial charge in [0, 0.05) is 38.0 Å². The molecule has 7 heteroatoms. The summed E-state index contributed by atoms with van der Waals surface area (Å²) in [6.45, 7) is 3.80. The van der Waals surface area contributed by atoms with Gasteiger partial charge in [0.25, 0.3) is 5.71 Å². The number of aromatic nitrogens is 3. The van der Waals surface area contributed by atoms with Crippen LogP contribution in [0.4, 0.5) is 5.95 Å². The number of benzene rings is 2. The van der Waals surface area contributed by atoms with Gasteiger partial charge in [-0.05, 0) is 23.3 Å². The van der Waals surface area contributed by atoms with Gasteiger partial charge in [-0.3, -0.25) is 4.79 Å². The molecule has 0 atom stereocenters. The Morgan fingerprint density at radius 3 is 2.60 bits per heavy atom. The number of hydrogen-bond acceptors (Lipinski definition) is 6. The van der Waals surface area contributed by atoms with Gasteiger partial charge in [-0.1, -0.05) is 42.5 Å². The number of hydrogen-bond donors (Lipinski definition) is 1. The first-order valence-electron chi connectivity index (χ1n) is 9.93. The SMILES string of the molecule is CC(=O)NCc1ccc(C2CN(c3ncc4nc(-c5ccccc5)oc4n3)C2)cc1. The van der Waals surface area contributed by atoms with E-state index in [0.717, 1.165) is 24.2 Å². The molecule has 1 fully saturated rings. The van der Waals surface area contributed by atoms with E-state index in [1.165, 1.54) is 12.5 Å². The first-order valence-corrected chi connectivity index (χ1v) is 9.93. The molecular formula is C23H21N5O2. The average Bonchev–Trinajstić information content (AvgIpc) is 3.16. The summed E-state index contributed by atoms with van der Waals surface area (Å²) in [6.07, 6.45) is 1.72. The Morgan fingerprint density at radius 1 is 1.10 bits per heavy atom. The number of anilines is 1. The first kappa shape index (κ1) is 18.3. The predicted octanol–water partition coefficient (Wildman–Crippen LogP) is 3.52. The van der Waals surface area contributed by atoms with E-state index in [1.54, 1.807) is 6.20 Å². The molecule has 0 bridgehead atoms. The highest BCUT2D eigenvalue weighted by Gasteiger charge is 2.30. The van der Waals surface area contributed by atoms with Crippen molar-refractivity contribution in [1.82, 2.24) is 20.3 Å². The Labute approximate surface area is 173 Å². The van der Waals surface area contributed by atoms with Crippen molar-refractivity contribution in [2.75, 3.05) is 18.0 Å². The summed E-state index contributed by atoms with van der Waals surface area (Å²) in [7, 11) is 0. The second-order valence-electron chi connectivity index (χ2n) is 7.50. The maximum absolute atomic E-state index is 11.0. The largest absolute Gasteiger partial charge is 0.417 e. The second-order valence-corrected chi connectivity index (χ2v) is 7.50. The zero-order valence-corrected chi connectivity index (χ0v) is 16.6. The number of rotatable bonds is 5. The summed E-state index contributed by atoms with van der Waals surface area (Å²) < 4.78 is 5.86. The highest BCUT2D eigenvalue weighted by Crippen LogP contribution is 2.31. The molecule has 2 aromatic heterocycles. The normalized spacial score (nSPS) is 14.0. The van der Waals surface area contributed by atoms with E-state index in [0.29, 0.717) is 35.5 Å². The van der Waals surface area contributed by atoms with Crippen molar-refractivity contribution in [2.24, 2.45) is 0 Å². The summed E-state index contributed by atoms with van der Waals surface area (Å²) in [5.74, 6) is 1.64. The molecule has 0 radical (unpaired) electrons. The Morgan fingerprint density at radius 2 is 1.87 bits per heavy atom. The van der Waals surface area contributed by atoms with Crippen molar-refractivity contribution in [1.29, 1.82) is 0 Å². The van der Waals surface area contributed by atoms with Crippen molar-refractivity contribution in [2.45, 2.75) is 19.4 Å². The zero-order valence-electron chi connectivity index (χ0n) is 16.6. The van der Waals surface area contributed by atoms with Crippen LogP contribution in [0, 0.1) is 0 Å². The van der Waals surface area contributed by atoms with E-state index in [-0.39, 0.29) is 5.91 Å². The highest BCUT2D eigenvalue weighted by atomic mass is 16.4. The Kier molecular flexibility index (Phi) is 4.63. The Hall–Kier alpha value is -3.74. The van der Waals surface area contributed by atoms with Crippen LogP contribution in [0.25, 0.3) is 22.7 Å². The molecule has 2 aromatic carbocycles. The van der Waals surface area contributed by atoms with Gasteiger partial charge in [0.05, 0.1) is 6.20 Å². The van der Waals surface area contributed by atoms with Crippen LogP contribution in [-0.2, 0) is 11.3 Å². The van der Waals surface area contributed by atoms with E-state index >= 15 is 0 Å². The minimum absolute atomic E-state index is 0.0201. The number of nitrogens with zero attached hydrogens (tertiary/aromatic N) is 4. The van der Waals surface area contributed by atoms with Crippen LogP contribution in [-0.4, -0.2) is 33.9 Å². The molecule has 3 heterocycles. The van der Waals surface area contributed by atoms with Gasteiger partial charge in [-0.15, -0.1) is 0 Å². The smallest absolute Gasteiger partial charge is 0.252 e. The van der Waals surface area contributed by atoms with Crippen molar-refractivity contribution in [3.8, 4) is 11.5 Å². The van der Waals surface area contributed by atoms with Crippen LogP contribution in [0.1, 0.15) is 24.0 Å². The van der Waals surface area contributed by atoms with Crippen LogP contribution >= 0.6 is 0 Å². The average molecular weight is 399 g/mol. The first-order chi connectivity index (χ1) is 14.7. The third-order valence-electron chi connectivity index (χ3n) is 5.32. The molecule has 0 aliphatic carbocycles. The lowest BCUT2D eigenvalue weighted by Gasteiger charge is -2.39. The molecule has 30 heavy (non-hydrogen) atoms. The zero-order chi connectivity index (χ0) is 20.5. The number of fused-ring (bicyclic) bond motifs is 1. The summed E-state index contributed by atoms with van der Waals surface area (Å²) >= 11 is 0. The summed E-state index contributed by atoms with van der Waals surface area (Å²) in [4.78, 5) is 26.7. The molecule has 0 spiro atoms. The van der Waals surface area contributed by atoms with E-state index < -0.39 is 0 Å². The lowest BCUT2D eigenvalue weighted by atomic mass is 9.91. The van der Waals surface area contributed by atoms with Gasteiger partial charge in [0.15, 0.2) is 0 Å². The minimum Gasteiger partial charge on any atom is -0.417 e. The second kappa shape index (κ2) is 7.59. The monoisotopic (exact) mass is 399 g/mol. The fourth-order valence-electron chi connectivity index (χ4n) is 3.57. The van der Waals surface area contributed by atoms with Crippen molar-refractivity contribution in [3.05, 3.63) is 71.9 Å². The van der Waals surface area contributed by atoms with Gasteiger partial charge >= 0.3 is 0 Å². The standard InChI is InChI=1S/C23H21N5O2/c1-15(29)24-11-16-7-9-17(10-8-16)19-13-28(14-19)23-25-12-20-22(27-23)30-21(26-20)18-5-3-2-4-6-18/h2-10,12,19H,11,13-14H2,1H3,(H,24,29). The molecule has 0 saturated carbocycles. The fraction of sp³-hybridized carbons (Fsp3) is 0.217. The van der Waals surface area contributed by atoms with Crippen molar-refractivity contribution < 1.29 is 9.21 Å². The minimum atomic E-state index is -0.0201. The topological polar surface area (TPSA) is 84.2 Å². The number of carbonyl (C=O) groups is 1. The molecule has 150 valence electrons. The van der Waals surface area contributed by atoms with Gasteiger partial charge in [-0.2, -0.15) is 4.98 Å². The Balaban J connectivity index is 1.26. The molecule has 1 aliphatic rings. The molecule has 7 nitrogen and oxygen atoms in total. The maximum atomic E-state index is 11.0. The number of carbonyl (C=O) groups excluding carboxylic acids is 1.